The zero-order chi connectivity index (χ0) is 12.3. The Morgan fingerprint density at radius 1 is 1.47 bits per heavy atom. The summed E-state index contributed by atoms with van der Waals surface area (Å²) in [5.74, 6) is -0.327. The van der Waals surface area contributed by atoms with E-state index in [1.54, 1.807) is 12.3 Å². The zero-order valence-corrected chi connectivity index (χ0v) is 9.88. The fourth-order valence-electron chi connectivity index (χ4n) is 1.85. The molecule has 1 aliphatic rings. The van der Waals surface area contributed by atoms with Gasteiger partial charge in [0.1, 0.15) is 6.67 Å². The summed E-state index contributed by atoms with van der Waals surface area (Å²) in [6.07, 6.45) is 5.49. The molecule has 0 aliphatic carbocycles. The van der Waals surface area contributed by atoms with Gasteiger partial charge >= 0.3 is 5.97 Å². The molecule has 88 valence electrons. The number of esters is 1. The maximum atomic E-state index is 11.7. The van der Waals surface area contributed by atoms with E-state index >= 15 is 0 Å². The summed E-state index contributed by atoms with van der Waals surface area (Å²) in [5.41, 5.74) is 2.44. The molecule has 1 aromatic rings. The zero-order valence-electron chi connectivity index (χ0n) is 9.88. The number of methoxy groups -OCH3 is 1. The topological polar surface area (TPSA) is 41.9 Å². The molecule has 0 amide bonds. The lowest BCUT2D eigenvalue weighted by Gasteiger charge is -2.24. The molecule has 1 aromatic carbocycles. The van der Waals surface area contributed by atoms with E-state index in [0.29, 0.717) is 12.2 Å². The van der Waals surface area contributed by atoms with Crippen molar-refractivity contribution in [1.29, 1.82) is 0 Å². The Hall–Kier alpha value is -2.10. The number of hydrogen-bond acceptors (Lipinski definition) is 4. The van der Waals surface area contributed by atoms with Gasteiger partial charge in [-0.2, -0.15) is 0 Å². The van der Waals surface area contributed by atoms with Gasteiger partial charge in [0.25, 0.3) is 0 Å². The van der Waals surface area contributed by atoms with Gasteiger partial charge in [0.05, 0.1) is 18.4 Å². The number of nitrogens with zero attached hydrogens (tertiary/aromatic N) is 2. The quantitative estimate of drug-likeness (QED) is 0.731. The number of aliphatic imine (C=N–C) groups is 1. The van der Waals surface area contributed by atoms with Crippen molar-refractivity contribution in [3.63, 3.8) is 0 Å². The van der Waals surface area contributed by atoms with E-state index in [-0.39, 0.29) is 5.97 Å². The monoisotopic (exact) mass is 230 g/mol. The summed E-state index contributed by atoms with van der Waals surface area (Å²) in [6.45, 7) is 2.49. The van der Waals surface area contributed by atoms with Gasteiger partial charge in [-0.05, 0) is 24.6 Å². The van der Waals surface area contributed by atoms with E-state index in [9.17, 15) is 4.79 Å². The van der Waals surface area contributed by atoms with Crippen molar-refractivity contribution in [2.24, 2.45) is 4.99 Å². The summed E-state index contributed by atoms with van der Waals surface area (Å²) >= 11 is 0. The number of para-hydroxylation sites is 1. The normalized spacial score (nSPS) is 13.9. The van der Waals surface area contributed by atoms with Crippen molar-refractivity contribution in [3.8, 4) is 0 Å². The van der Waals surface area contributed by atoms with Gasteiger partial charge in [0, 0.05) is 12.4 Å². The van der Waals surface area contributed by atoms with E-state index in [1.165, 1.54) is 7.11 Å². The van der Waals surface area contributed by atoms with Crippen molar-refractivity contribution in [1.82, 2.24) is 0 Å². The molecule has 1 aliphatic heterocycles. The minimum absolute atomic E-state index is 0.327. The lowest BCUT2D eigenvalue weighted by Crippen LogP contribution is -2.22. The highest BCUT2D eigenvalue weighted by molar-refractivity contribution is 5.97. The highest BCUT2D eigenvalue weighted by Gasteiger charge is 2.18. The van der Waals surface area contributed by atoms with Gasteiger partial charge in [-0.15, -0.1) is 0 Å². The average molecular weight is 230 g/mol. The highest BCUT2D eigenvalue weighted by atomic mass is 16.5. The van der Waals surface area contributed by atoms with Crippen LogP contribution in [-0.4, -0.2) is 26.0 Å². The van der Waals surface area contributed by atoms with E-state index in [2.05, 4.69) is 4.99 Å². The summed E-state index contributed by atoms with van der Waals surface area (Å²) in [5, 5.41) is 0. The summed E-state index contributed by atoms with van der Waals surface area (Å²) < 4.78 is 4.79. The molecule has 0 aromatic heterocycles. The van der Waals surface area contributed by atoms with Gasteiger partial charge in [0.2, 0.25) is 0 Å². The first-order valence-corrected chi connectivity index (χ1v) is 5.35. The van der Waals surface area contributed by atoms with Crippen LogP contribution in [0.2, 0.25) is 0 Å². The Labute approximate surface area is 100 Å². The number of carbonyl (C=O) groups excluding carboxylic acids is 1. The van der Waals surface area contributed by atoms with Crippen molar-refractivity contribution >= 4 is 17.9 Å². The summed E-state index contributed by atoms with van der Waals surface area (Å²) in [4.78, 5) is 17.8. The van der Waals surface area contributed by atoms with Gasteiger partial charge < -0.3 is 9.64 Å². The standard InChI is InChI=1S/C13H14N2O2/c1-10-5-3-6-11(13(16)17-2)12(10)15-8-4-7-14-9-15/h3-8H,9H2,1-2H3. The average Bonchev–Trinajstić information content (AvgIpc) is 2.38. The molecule has 4 heteroatoms. The smallest absolute Gasteiger partial charge is 0.339 e. The van der Waals surface area contributed by atoms with Crippen molar-refractivity contribution in [2.75, 3.05) is 18.7 Å². The molecule has 0 saturated heterocycles. The van der Waals surface area contributed by atoms with Crippen LogP contribution in [0.25, 0.3) is 0 Å². The van der Waals surface area contributed by atoms with Gasteiger partial charge in [-0.1, -0.05) is 12.1 Å². The van der Waals surface area contributed by atoms with E-state index in [1.807, 2.05) is 36.2 Å². The molecule has 0 saturated carbocycles. The molecule has 0 bridgehead atoms. The molecular weight excluding hydrogens is 216 g/mol. The van der Waals surface area contributed by atoms with Crippen molar-refractivity contribution in [2.45, 2.75) is 6.92 Å². The molecule has 0 radical (unpaired) electrons. The molecule has 2 rings (SSSR count). The Kier molecular flexibility index (Phi) is 3.23. The van der Waals surface area contributed by atoms with Crippen LogP contribution in [-0.2, 0) is 4.74 Å². The molecule has 0 spiro atoms. The van der Waals surface area contributed by atoms with Crippen LogP contribution in [0.5, 0.6) is 0 Å². The number of rotatable bonds is 2. The third kappa shape index (κ3) is 2.20. The van der Waals surface area contributed by atoms with Gasteiger partial charge in [-0.25, -0.2) is 4.79 Å². The van der Waals surface area contributed by atoms with E-state index in [0.717, 1.165) is 11.3 Å². The van der Waals surface area contributed by atoms with Crippen LogP contribution in [0.4, 0.5) is 5.69 Å². The molecule has 0 fully saturated rings. The molecule has 17 heavy (non-hydrogen) atoms. The second kappa shape index (κ2) is 4.82. The number of hydrogen-bond donors (Lipinski definition) is 0. The molecule has 0 unspecified atom stereocenters. The van der Waals surface area contributed by atoms with Crippen LogP contribution in [0.3, 0.4) is 0 Å². The number of carbonyl (C=O) groups is 1. The van der Waals surface area contributed by atoms with Crippen molar-refractivity contribution in [3.05, 3.63) is 41.6 Å². The fraction of sp³-hybridized carbons (Fsp3) is 0.231. The maximum absolute atomic E-state index is 11.7. The van der Waals surface area contributed by atoms with Gasteiger partial charge in [-0.3, -0.25) is 4.99 Å². The van der Waals surface area contributed by atoms with Gasteiger partial charge in [0.15, 0.2) is 0 Å². The predicted octanol–water partition coefficient (Wildman–Crippen LogP) is 2.14. The van der Waals surface area contributed by atoms with E-state index < -0.39 is 0 Å². The Morgan fingerprint density at radius 3 is 2.94 bits per heavy atom. The van der Waals surface area contributed by atoms with Crippen LogP contribution >= 0.6 is 0 Å². The minimum Gasteiger partial charge on any atom is -0.465 e. The summed E-state index contributed by atoms with van der Waals surface area (Å²) in [6, 6.07) is 5.58. The number of benzene rings is 1. The number of ether oxygens (including phenoxy) is 1. The Morgan fingerprint density at radius 2 is 2.29 bits per heavy atom. The first-order valence-electron chi connectivity index (χ1n) is 5.35. The SMILES string of the molecule is COC(=O)c1cccc(C)c1N1C=CC=NC1. The van der Waals surface area contributed by atoms with Crippen molar-refractivity contribution < 1.29 is 9.53 Å². The van der Waals surface area contributed by atoms with Crippen LogP contribution in [0.1, 0.15) is 15.9 Å². The number of allylic oxidation sites excluding steroid dienone is 1. The van der Waals surface area contributed by atoms with Crippen LogP contribution in [0.15, 0.2) is 35.5 Å². The fourth-order valence-corrected chi connectivity index (χ4v) is 1.85. The molecule has 0 N–H and O–H groups in total. The highest BCUT2D eigenvalue weighted by Crippen LogP contribution is 2.26. The second-order valence-electron chi connectivity index (χ2n) is 3.75. The lowest BCUT2D eigenvalue weighted by molar-refractivity contribution is 0.0601. The predicted molar refractivity (Wildman–Crippen MR) is 67.5 cm³/mol. The Bertz CT molecular complexity index is 492. The molecular formula is C13H14N2O2. The van der Waals surface area contributed by atoms with E-state index in [4.69, 9.17) is 4.74 Å². The van der Waals surface area contributed by atoms with Crippen LogP contribution < -0.4 is 4.90 Å². The molecule has 1 heterocycles. The lowest BCUT2D eigenvalue weighted by atomic mass is 10.1. The first-order chi connectivity index (χ1) is 8.24. The summed E-state index contributed by atoms with van der Waals surface area (Å²) in [7, 11) is 1.39. The number of aryl methyl sites for hydroxylation is 1. The minimum atomic E-state index is -0.327. The second-order valence-corrected chi connectivity index (χ2v) is 3.75. The Balaban J connectivity index is 2.47. The third-order valence-corrected chi connectivity index (χ3v) is 2.62. The third-order valence-electron chi connectivity index (χ3n) is 2.62. The largest absolute Gasteiger partial charge is 0.465 e. The molecule has 0 atom stereocenters. The number of anilines is 1. The van der Waals surface area contributed by atoms with Crippen LogP contribution in [0, 0.1) is 6.92 Å². The maximum Gasteiger partial charge on any atom is 0.339 e. The first kappa shape index (κ1) is 11.4. The molecule has 4 nitrogen and oxygen atoms in total.